The van der Waals surface area contributed by atoms with Crippen molar-refractivity contribution in [1.82, 2.24) is 9.80 Å². The van der Waals surface area contributed by atoms with Gasteiger partial charge in [0.05, 0.1) is 17.9 Å². The normalized spacial score (nSPS) is 32.9. The van der Waals surface area contributed by atoms with Crippen molar-refractivity contribution in [3.63, 3.8) is 0 Å². The highest BCUT2D eigenvalue weighted by Gasteiger charge is 2.76. The van der Waals surface area contributed by atoms with Crippen LogP contribution in [0.4, 0.5) is 0 Å². The molecule has 32 heavy (non-hydrogen) atoms. The van der Waals surface area contributed by atoms with E-state index in [1.807, 2.05) is 0 Å². The van der Waals surface area contributed by atoms with Gasteiger partial charge in [0.2, 0.25) is 11.8 Å². The molecule has 9 heteroatoms. The van der Waals surface area contributed by atoms with Crippen molar-refractivity contribution in [1.29, 1.82) is 0 Å². The van der Waals surface area contributed by atoms with Crippen LogP contribution in [0.25, 0.3) is 0 Å². The Bertz CT molecular complexity index is 733. The van der Waals surface area contributed by atoms with Crippen molar-refractivity contribution in [3.8, 4) is 0 Å². The van der Waals surface area contributed by atoms with Crippen LogP contribution in [-0.4, -0.2) is 86.6 Å². The van der Waals surface area contributed by atoms with E-state index in [1.165, 1.54) is 0 Å². The van der Waals surface area contributed by atoms with Crippen molar-refractivity contribution in [2.75, 3.05) is 26.2 Å². The largest absolute Gasteiger partial charge is 0.481 e. The van der Waals surface area contributed by atoms with Crippen LogP contribution in [0.3, 0.4) is 0 Å². The number of hydrogen-bond acceptors (Lipinski definition) is 5. The van der Waals surface area contributed by atoms with Gasteiger partial charge in [-0.25, -0.2) is 0 Å². The fourth-order valence-corrected chi connectivity index (χ4v) is 6.59. The highest BCUT2D eigenvalue weighted by molar-refractivity contribution is 9.09. The summed E-state index contributed by atoms with van der Waals surface area (Å²) in [5, 5.41) is 18.9. The van der Waals surface area contributed by atoms with Crippen LogP contribution in [0.2, 0.25) is 0 Å². The highest BCUT2D eigenvalue weighted by atomic mass is 79.9. The molecular formula is C23H35BrN2O6. The number of alkyl halides is 1. The van der Waals surface area contributed by atoms with Crippen LogP contribution in [-0.2, 0) is 19.1 Å². The number of halogens is 1. The van der Waals surface area contributed by atoms with E-state index in [2.05, 4.69) is 29.4 Å². The second-order valence-corrected chi connectivity index (χ2v) is 10.3. The van der Waals surface area contributed by atoms with Gasteiger partial charge in [-0.3, -0.25) is 14.4 Å². The first-order valence-electron chi connectivity index (χ1n) is 11.7. The Morgan fingerprint density at radius 1 is 1.31 bits per heavy atom. The molecule has 3 aliphatic heterocycles. The van der Waals surface area contributed by atoms with E-state index in [0.29, 0.717) is 38.9 Å². The molecule has 0 radical (unpaired) electrons. The summed E-state index contributed by atoms with van der Waals surface area (Å²) in [6.45, 7) is 7.27. The van der Waals surface area contributed by atoms with Gasteiger partial charge in [-0.2, -0.15) is 0 Å². The predicted molar refractivity (Wildman–Crippen MR) is 122 cm³/mol. The zero-order valence-electron chi connectivity index (χ0n) is 18.7. The molecule has 6 atom stereocenters. The number of carbonyl (C=O) groups excluding carboxylic acids is 2. The van der Waals surface area contributed by atoms with Crippen molar-refractivity contribution >= 4 is 33.7 Å². The number of hydrogen-bond donors (Lipinski definition) is 2. The van der Waals surface area contributed by atoms with E-state index in [-0.39, 0.29) is 23.2 Å². The standard InChI is InChI=1S/C23H35BrN2O6/c1-3-5-11-25(10-4-2)21(29)19-23-14-15(24)18(32-23)16(22(30)31)17(23)20(28)26(19)12-8-6-7-9-13-27/h4,15-19,27H,2-3,5-14H2,1H3,(H,30,31)/t15?,16-,17+,18-,19-,23+/m1/s1. The van der Waals surface area contributed by atoms with E-state index >= 15 is 0 Å². The lowest BCUT2D eigenvalue weighted by Gasteiger charge is -2.37. The number of carbonyl (C=O) groups is 3. The molecule has 0 aliphatic carbocycles. The summed E-state index contributed by atoms with van der Waals surface area (Å²) in [6.07, 6.45) is 6.30. The van der Waals surface area contributed by atoms with Gasteiger partial charge in [0.25, 0.3) is 0 Å². The van der Waals surface area contributed by atoms with Gasteiger partial charge < -0.3 is 24.7 Å². The Morgan fingerprint density at radius 3 is 2.66 bits per heavy atom. The minimum atomic E-state index is -1.12. The molecule has 1 spiro atoms. The van der Waals surface area contributed by atoms with E-state index in [1.54, 1.807) is 15.9 Å². The maximum atomic E-state index is 13.8. The Hall–Kier alpha value is -1.45. The zero-order chi connectivity index (χ0) is 23.5. The molecule has 2 bridgehead atoms. The third kappa shape index (κ3) is 4.35. The summed E-state index contributed by atoms with van der Waals surface area (Å²) < 4.78 is 6.29. The smallest absolute Gasteiger partial charge is 0.310 e. The van der Waals surface area contributed by atoms with Gasteiger partial charge in [-0.15, -0.1) is 6.58 Å². The summed E-state index contributed by atoms with van der Waals surface area (Å²) in [7, 11) is 0. The first kappa shape index (κ1) is 25.2. The van der Waals surface area contributed by atoms with Gasteiger partial charge in [-0.05, 0) is 25.7 Å². The molecule has 0 aromatic carbocycles. The summed E-state index contributed by atoms with van der Waals surface area (Å²) in [6, 6.07) is -0.830. The van der Waals surface area contributed by atoms with Crippen LogP contribution < -0.4 is 0 Å². The monoisotopic (exact) mass is 514 g/mol. The number of carboxylic acid groups (broad SMARTS) is 1. The molecule has 3 saturated heterocycles. The fourth-order valence-electron chi connectivity index (χ4n) is 5.65. The molecule has 0 saturated carbocycles. The molecule has 0 aromatic rings. The third-order valence-corrected chi connectivity index (χ3v) is 7.90. The number of nitrogens with zero attached hydrogens (tertiary/aromatic N) is 2. The van der Waals surface area contributed by atoms with Crippen molar-refractivity contribution in [3.05, 3.63) is 12.7 Å². The number of unbranched alkanes of at least 4 members (excludes halogenated alkanes) is 4. The molecule has 3 rings (SSSR count). The number of aliphatic carboxylic acids is 1. The van der Waals surface area contributed by atoms with E-state index < -0.39 is 35.6 Å². The molecule has 8 nitrogen and oxygen atoms in total. The maximum absolute atomic E-state index is 13.8. The number of aliphatic hydroxyl groups is 1. The average Bonchev–Trinajstić information content (AvgIpc) is 3.34. The Balaban J connectivity index is 1.93. The maximum Gasteiger partial charge on any atom is 0.310 e. The second-order valence-electron chi connectivity index (χ2n) is 9.10. The molecule has 2 N–H and O–H groups in total. The minimum absolute atomic E-state index is 0.130. The van der Waals surface area contributed by atoms with Crippen molar-refractivity contribution in [2.24, 2.45) is 11.8 Å². The molecule has 180 valence electrons. The van der Waals surface area contributed by atoms with Gasteiger partial charge in [0, 0.05) is 31.1 Å². The van der Waals surface area contributed by atoms with Crippen LogP contribution in [0.15, 0.2) is 12.7 Å². The summed E-state index contributed by atoms with van der Waals surface area (Å²) in [5.74, 6) is -3.32. The zero-order valence-corrected chi connectivity index (χ0v) is 20.3. The number of fused-ring (bicyclic) bond motifs is 1. The van der Waals surface area contributed by atoms with E-state index in [4.69, 9.17) is 9.84 Å². The molecule has 1 unspecified atom stereocenters. The molecule has 0 aromatic heterocycles. The number of carboxylic acids is 1. The number of rotatable bonds is 13. The number of likely N-dealkylation sites (tertiary alicyclic amines) is 1. The second kappa shape index (κ2) is 10.7. The Labute approximate surface area is 198 Å². The lowest BCUT2D eigenvalue weighted by atomic mass is 9.70. The third-order valence-electron chi connectivity index (χ3n) is 7.06. The van der Waals surface area contributed by atoms with Crippen LogP contribution >= 0.6 is 15.9 Å². The fraction of sp³-hybridized carbons (Fsp3) is 0.783. The molecule has 3 heterocycles. The van der Waals surface area contributed by atoms with Crippen molar-refractivity contribution < 1.29 is 29.3 Å². The predicted octanol–water partition coefficient (Wildman–Crippen LogP) is 2.19. The van der Waals surface area contributed by atoms with Gasteiger partial charge in [0.1, 0.15) is 11.6 Å². The van der Waals surface area contributed by atoms with Gasteiger partial charge >= 0.3 is 5.97 Å². The molecule has 3 aliphatic rings. The number of amides is 2. The topological polar surface area (TPSA) is 107 Å². The number of aliphatic hydroxyl groups excluding tert-OH is 1. The summed E-state index contributed by atoms with van der Waals surface area (Å²) in [4.78, 5) is 42.6. The van der Waals surface area contributed by atoms with Gasteiger partial charge in [-0.1, -0.05) is 48.2 Å². The lowest BCUT2D eigenvalue weighted by molar-refractivity contribution is -0.150. The quantitative estimate of drug-likeness (QED) is 0.221. The molecule has 2 amide bonds. The summed E-state index contributed by atoms with van der Waals surface area (Å²) in [5.41, 5.74) is -1.12. The SMILES string of the molecule is C=CCN(CCCC)C(=O)[C@H]1N(CCCCCCO)C(=O)[C@@H]2[C@@H](C(=O)O)[C@@H]3O[C@@]21CC3Br. The highest BCUT2D eigenvalue weighted by Crippen LogP contribution is 2.60. The first-order chi connectivity index (χ1) is 15.3. The Morgan fingerprint density at radius 2 is 2.03 bits per heavy atom. The molecular weight excluding hydrogens is 480 g/mol. The molecule has 3 fully saturated rings. The van der Waals surface area contributed by atoms with Crippen LogP contribution in [0.1, 0.15) is 51.9 Å². The first-order valence-corrected chi connectivity index (χ1v) is 12.6. The van der Waals surface area contributed by atoms with E-state index in [9.17, 15) is 19.5 Å². The minimum Gasteiger partial charge on any atom is -0.481 e. The Kier molecular flexibility index (Phi) is 8.38. The summed E-state index contributed by atoms with van der Waals surface area (Å²) >= 11 is 3.56. The van der Waals surface area contributed by atoms with Crippen LogP contribution in [0.5, 0.6) is 0 Å². The van der Waals surface area contributed by atoms with Crippen molar-refractivity contribution in [2.45, 2.75) is 74.4 Å². The van der Waals surface area contributed by atoms with Gasteiger partial charge in [0.15, 0.2) is 0 Å². The van der Waals surface area contributed by atoms with Crippen LogP contribution in [0, 0.1) is 11.8 Å². The number of ether oxygens (including phenoxy) is 1. The lowest BCUT2D eigenvalue weighted by Crippen LogP contribution is -2.57. The average molecular weight is 515 g/mol. The van der Waals surface area contributed by atoms with E-state index in [0.717, 1.165) is 25.7 Å².